The van der Waals surface area contributed by atoms with Crippen LogP contribution in [-0.2, 0) is 18.3 Å². The molecule has 0 fully saturated rings. The highest BCUT2D eigenvalue weighted by atomic mass is 79.9. The quantitative estimate of drug-likeness (QED) is 0.837. The number of fused-ring (bicyclic) bond motifs is 1. The lowest BCUT2D eigenvalue weighted by molar-refractivity contribution is -0.116. The molecular formula is C11H11BrN2O. The molecule has 0 aliphatic carbocycles. The Labute approximate surface area is 96.2 Å². The SMILES string of the molecule is CC(=O)Cc1cc(Br)cc2ncn(C)c12. The smallest absolute Gasteiger partial charge is 0.134 e. The minimum absolute atomic E-state index is 0.163. The van der Waals surface area contributed by atoms with Crippen LogP contribution in [0.1, 0.15) is 12.5 Å². The van der Waals surface area contributed by atoms with Crippen LogP contribution in [0.3, 0.4) is 0 Å². The van der Waals surface area contributed by atoms with Gasteiger partial charge in [-0.2, -0.15) is 0 Å². The van der Waals surface area contributed by atoms with Crippen molar-refractivity contribution >= 4 is 32.7 Å². The van der Waals surface area contributed by atoms with Crippen LogP contribution in [0.2, 0.25) is 0 Å². The molecule has 4 heteroatoms. The van der Waals surface area contributed by atoms with E-state index >= 15 is 0 Å². The monoisotopic (exact) mass is 266 g/mol. The first-order chi connectivity index (χ1) is 7.08. The van der Waals surface area contributed by atoms with E-state index < -0.39 is 0 Å². The van der Waals surface area contributed by atoms with Crippen LogP contribution in [0.15, 0.2) is 22.9 Å². The van der Waals surface area contributed by atoms with Gasteiger partial charge in [-0.05, 0) is 24.6 Å². The van der Waals surface area contributed by atoms with E-state index in [4.69, 9.17) is 0 Å². The van der Waals surface area contributed by atoms with Gasteiger partial charge in [0, 0.05) is 17.9 Å². The topological polar surface area (TPSA) is 34.9 Å². The van der Waals surface area contributed by atoms with Gasteiger partial charge in [0.2, 0.25) is 0 Å². The van der Waals surface area contributed by atoms with E-state index in [1.807, 2.05) is 23.7 Å². The first kappa shape index (κ1) is 10.4. The number of carbonyl (C=O) groups is 1. The summed E-state index contributed by atoms with van der Waals surface area (Å²) in [6, 6.07) is 3.93. The predicted octanol–water partition coefficient (Wildman–Crippen LogP) is 2.47. The zero-order chi connectivity index (χ0) is 11.0. The number of ketones is 1. The van der Waals surface area contributed by atoms with E-state index in [1.165, 1.54) is 0 Å². The third kappa shape index (κ3) is 1.95. The average Bonchev–Trinajstić information content (AvgIpc) is 2.46. The molecule has 0 spiro atoms. The summed E-state index contributed by atoms with van der Waals surface area (Å²) in [6.07, 6.45) is 2.22. The summed E-state index contributed by atoms with van der Waals surface area (Å²) < 4.78 is 2.91. The molecule has 0 aliphatic heterocycles. The maximum Gasteiger partial charge on any atom is 0.134 e. The molecule has 0 N–H and O–H groups in total. The molecule has 0 bridgehead atoms. The number of carbonyl (C=O) groups excluding carboxylic acids is 1. The van der Waals surface area contributed by atoms with Crippen LogP contribution in [-0.4, -0.2) is 15.3 Å². The molecule has 1 aromatic heterocycles. The van der Waals surface area contributed by atoms with Crippen molar-refractivity contribution in [2.75, 3.05) is 0 Å². The number of aryl methyl sites for hydroxylation is 1. The molecule has 1 heterocycles. The molecule has 2 aromatic rings. The van der Waals surface area contributed by atoms with Crippen LogP contribution >= 0.6 is 15.9 Å². The van der Waals surface area contributed by atoms with Crippen LogP contribution in [0.4, 0.5) is 0 Å². The minimum atomic E-state index is 0.163. The van der Waals surface area contributed by atoms with Crippen molar-refractivity contribution in [3.8, 4) is 0 Å². The second-order valence-corrected chi connectivity index (χ2v) is 4.58. The van der Waals surface area contributed by atoms with E-state index in [0.29, 0.717) is 6.42 Å². The number of hydrogen-bond donors (Lipinski definition) is 0. The van der Waals surface area contributed by atoms with Crippen LogP contribution in [0, 0.1) is 0 Å². The van der Waals surface area contributed by atoms with Crippen molar-refractivity contribution in [1.29, 1.82) is 0 Å². The molecule has 78 valence electrons. The summed E-state index contributed by atoms with van der Waals surface area (Å²) in [5.74, 6) is 0.163. The molecule has 0 atom stereocenters. The fourth-order valence-corrected chi connectivity index (χ4v) is 2.25. The van der Waals surface area contributed by atoms with E-state index in [2.05, 4.69) is 20.9 Å². The molecule has 0 radical (unpaired) electrons. The fourth-order valence-electron chi connectivity index (χ4n) is 1.76. The maximum atomic E-state index is 11.2. The zero-order valence-electron chi connectivity index (χ0n) is 8.62. The Morgan fingerprint density at radius 3 is 2.93 bits per heavy atom. The van der Waals surface area contributed by atoms with E-state index in [9.17, 15) is 4.79 Å². The summed E-state index contributed by atoms with van der Waals surface area (Å²) in [5.41, 5.74) is 2.98. The Bertz CT molecular complexity index is 531. The summed E-state index contributed by atoms with van der Waals surface area (Å²) in [5, 5.41) is 0. The summed E-state index contributed by atoms with van der Waals surface area (Å²) in [4.78, 5) is 15.4. The normalized spacial score (nSPS) is 10.9. The van der Waals surface area contributed by atoms with Crippen molar-refractivity contribution in [1.82, 2.24) is 9.55 Å². The van der Waals surface area contributed by atoms with Crippen LogP contribution in [0.5, 0.6) is 0 Å². The third-order valence-electron chi connectivity index (χ3n) is 2.30. The van der Waals surface area contributed by atoms with Gasteiger partial charge >= 0.3 is 0 Å². The van der Waals surface area contributed by atoms with Crippen molar-refractivity contribution in [3.63, 3.8) is 0 Å². The highest BCUT2D eigenvalue weighted by molar-refractivity contribution is 9.10. The second-order valence-electron chi connectivity index (χ2n) is 3.67. The summed E-state index contributed by atoms with van der Waals surface area (Å²) in [6.45, 7) is 1.60. The van der Waals surface area contributed by atoms with E-state index in [1.54, 1.807) is 13.3 Å². The first-order valence-corrected chi connectivity index (χ1v) is 5.46. The Morgan fingerprint density at radius 2 is 2.27 bits per heavy atom. The molecule has 0 unspecified atom stereocenters. The number of rotatable bonds is 2. The first-order valence-electron chi connectivity index (χ1n) is 4.67. The maximum absolute atomic E-state index is 11.2. The van der Waals surface area contributed by atoms with E-state index in [0.717, 1.165) is 21.1 Å². The Hall–Kier alpha value is -1.16. The van der Waals surface area contributed by atoms with Gasteiger partial charge in [0.1, 0.15) is 5.78 Å². The summed E-state index contributed by atoms with van der Waals surface area (Å²) in [7, 11) is 1.94. The highest BCUT2D eigenvalue weighted by Crippen LogP contribution is 2.23. The standard InChI is InChI=1S/C11H11BrN2O/c1-7(15)3-8-4-9(12)5-10-11(8)14(2)6-13-10/h4-6H,3H2,1-2H3. The van der Waals surface area contributed by atoms with Gasteiger partial charge in [0.25, 0.3) is 0 Å². The molecule has 15 heavy (non-hydrogen) atoms. The highest BCUT2D eigenvalue weighted by Gasteiger charge is 2.09. The number of hydrogen-bond acceptors (Lipinski definition) is 2. The van der Waals surface area contributed by atoms with Crippen LogP contribution < -0.4 is 0 Å². The molecular weight excluding hydrogens is 256 g/mol. The molecule has 0 saturated carbocycles. The van der Waals surface area contributed by atoms with Crippen LogP contribution in [0.25, 0.3) is 11.0 Å². The van der Waals surface area contributed by atoms with Gasteiger partial charge in [-0.1, -0.05) is 15.9 Å². The largest absolute Gasteiger partial charge is 0.333 e. The Morgan fingerprint density at radius 1 is 1.53 bits per heavy atom. The second kappa shape index (κ2) is 3.77. The number of nitrogens with zero attached hydrogens (tertiary/aromatic N) is 2. The molecule has 0 saturated heterocycles. The van der Waals surface area contributed by atoms with Gasteiger partial charge in [0.05, 0.1) is 17.4 Å². The van der Waals surface area contributed by atoms with Gasteiger partial charge in [-0.3, -0.25) is 4.79 Å². The van der Waals surface area contributed by atoms with Crippen molar-refractivity contribution in [2.45, 2.75) is 13.3 Å². The predicted molar refractivity (Wildman–Crippen MR) is 62.8 cm³/mol. The van der Waals surface area contributed by atoms with Gasteiger partial charge in [-0.15, -0.1) is 0 Å². The van der Waals surface area contributed by atoms with Crippen molar-refractivity contribution < 1.29 is 4.79 Å². The zero-order valence-corrected chi connectivity index (χ0v) is 10.2. The Kier molecular flexibility index (Phi) is 2.61. The average molecular weight is 267 g/mol. The van der Waals surface area contributed by atoms with Crippen molar-refractivity contribution in [2.24, 2.45) is 7.05 Å². The third-order valence-corrected chi connectivity index (χ3v) is 2.75. The lowest BCUT2D eigenvalue weighted by atomic mass is 10.1. The minimum Gasteiger partial charge on any atom is -0.333 e. The lowest BCUT2D eigenvalue weighted by Crippen LogP contribution is -1.99. The number of benzene rings is 1. The van der Waals surface area contributed by atoms with Gasteiger partial charge in [-0.25, -0.2) is 4.98 Å². The van der Waals surface area contributed by atoms with Gasteiger partial charge < -0.3 is 4.57 Å². The van der Waals surface area contributed by atoms with Gasteiger partial charge in [0.15, 0.2) is 0 Å². The summed E-state index contributed by atoms with van der Waals surface area (Å²) >= 11 is 3.42. The van der Waals surface area contributed by atoms with Crippen molar-refractivity contribution in [3.05, 3.63) is 28.5 Å². The molecule has 3 nitrogen and oxygen atoms in total. The number of halogens is 1. The molecule has 0 amide bonds. The molecule has 1 aromatic carbocycles. The number of aromatic nitrogens is 2. The fraction of sp³-hybridized carbons (Fsp3) is 0.273. The Balaban J connectivity index is 2.68. The molecule has 2 rings (SSSR count). The number of Topliss-reactive ketones (excluding diaryl/α,β-unsaturated/α-hetero) is 1. The molecule has 0 aliphatic rings. The lowest BCUT2D eigenvalue weighted by Gasteiger charge is -2.04. The van der Waals surface area contributed by atoms with E-state index in [-0.39, 0.29) is 5.78 Å². The number of imidazole rings is 1.